The predicted octanol–water partition coefficient (Wildman–Crippen LogP) is 0.711. The lowest BCUT2D eigenvalue weighted by Crippen LogP contribution is -2.23. The molecule has 4 N–H and O–H groups in total. The molecule has 0 aromatic carbocycles. The van der Waals surface area contributed by atoms with Crippen LogP contribution in [0.1, 0.15) is 17.5 Å². The van der Waals surface area contributed by atoms with E-state index in [1.165, 1.54) is 30.2 Å². The number of carbonyl (C=O) groups excluding carboxylic acids is 1. The molecule has 0 bridgehead atoms. The second kappa shape index (κ2) is 7.13. The van der Waals surface area contributed by atoms with E-state index >= 15 is 0 Å². The van der Waals surface area contributed by atoms with Gasteiger partial charge >= 0.3 is 5.97 Å². The molecule has 0 saturated carbocycles. The third kappa shape index (κ3) is 5.05. The quantitative estimate of drug-likeness (QED) is 0.450. The Labute approximate surface area is 107 Å². The Morgan fingerprint density at radius 2 is 2.47 bits per heavy atom. The van der Waals surface area contributed by atoms with Crippen LogP contribution in [0.4, 0.5) is 0 Å². The molecule has 0 saturated heterocycles. The van der Waals surface area contributed by atoms with Crippen LogP contribution in [0.5, 0.6) is 0 Å². The van der Waals surface area contributed by atoms with Gasteiger partial charge in [-0.1, -0.05) is 0 Å². The summed E-state index contributed by atoms with van der Waals surface area (Å²) in [5, 5.41) is 1.61. The van der Waals surface area contributed by atoms with Crippen LogP contribution >= 0.6 is 23.1 Å². The molecule has 17 heavy (non-hydrogen) atoms. The highest BCUT2D eigenvalue weighted by Gasteiger charge is 2.14. The Hall–Kier alpha value is -1.28. The fourth-order valence-electron chi connectivity index (χ4n) is 1.02. The van der Waals surface area contributed by atoms with E-state index in [1.807, 2.05) is 5.38 Å². The number of hydrogen-bond donors (Lipinski definition) is 2. The Balaban J connectivity index is 2.54. The summed E-state index contributed by atoms with van der Waals surface area (Å²) in [7, 11) is 1.36. The molecule has 1 atom stereocenters. The van der Waals surface area contributed by atoms with Crippen LogP contribution in [0.2, 0.25) is 0 Å². The van der Waals surface area contributed by atoms with Crippen molar-refractivity contribution in [2.45, 2.75) is 11.8 Å². The van der Waals surface area contributed by atoms with Gasteiger partial charge in [0.2, 0.25) is 0 Å². The van der Waals surface area contributed by atoms with Crippen molar-refractivity contribution < 1.29 is 9.53 Å². The van der Waals surface area contributed by atoms with Crippen molar-refractivity contribution in [3.63, 3.8) is 0 Å². The van der Waals surface area contributed by atoms with Gasteiger partial charge in [-0.15, -0.1) is 23.1 Å². The average molecular weight is 274 g/mol. The Morgan fingerprint density at radius 3 is 3.00 bits per heavy atom. The zero-order valence-electron chi connectivity index (χ0n) is 9.33. The average Bonchev–Trinajstić information content (AvgIpc) is 2.80. The summed E-state index contributed by atoms with van der Waals surface area (Å²) >= 11 is 2.92. The summed E-state index contributed by atoms with van der Waals surface area (Å²) < 4.78 is 4.55. The number of nitrogens with zero attached hydrogens (tertiary/aromatic N) is 2. The highest BCUT2D eigenvalue weighted by molar-refractivity contribution is 7.99. The number of aromatic nitrogens is 1. The van der Waals surface area contributed by atoms with Crippen LogP contribution in [0.15, 0.2) is 15.9 Å². The van der Waals surface area contributed by atoms with Crippen LogP contribution in [-0.2, 0) is 9.53 Å². The van der Waals surface area contributed by atoms with Gasteiger partial charge in [-0.05, 0) is 0 Å². The molecule has 6 nitrogen and oxygen atoms in total. The lowest BCUT2D eigenvalue weighted by atomic mass is 10.5. The molecule has 1 unspecified atom stereocenters. The number of methoxy groups -OCH3 is 1. The highest BCUT2D eigenvalue weighted by atomic mass is 32.2. The first kappa shape index (κ1) is 13.8. The molecule has 0 radical (unpaired) electrons. The molecule has 0 aliphatic heterocycles. The first-order valence-corrected chi connectivity index (χ1v) is 6.78. The van der Waals surface area contributed by atoms with Crippen molar-refractivity contribution in [3.05, 3.63) is 16.6 Å². The number of hydrogen-bond acceptors (Lipinski definition) is 6. The fourth-order valence-corrected chi connectivity index (χ4v) is 2.69. The normalized spacial score (nSPS) is 11.8. The monoisotopic (exact) mass is 274 g/mol. The van der Waals surface area contributed by atoms with Gasteiger partial charge in [0.1, 0.15) is 5.37 Å². The Kier molecular flexibility index (Phi) is 5.78. The highest BCUT2D eigenvalue weighted by Crippen LogP contribution is 2.30. The van der Waals surface area contributed by atoms with Gasteiger partial charge in [0, 0.05) is 11.1 Å². The van der Waals surface area contributed by atoms with Gasteiger partial charge in [0.15, 0.2) is 5.96 Å². The summed E-state index contributed by atoms with van der Waals surface area (Å²) in [5.74, 6) is 0.332. The molecule has 0 fully saturated rings. The molecule has 8 heteroatoms. The molecule has 0 aliphatic rings. The molecular formula is C9H14N4O2S2. The smallest absolute Gasteiger partial charge is 0.306 e. The van der Waals surface area contributed by atoms with Gasteiger partial charge < -0.3 is 16.2 Å². The van der Waals surface area contributed by atoms with E-state index in [-0.39, 0.29) is 17.3 Å². The number of thiazole rings is 1. The minimum absolute atomic E-state index is 0.00793. The molecular weight excluding hydrogens is 260 g/mol. The Bertz CT molecular complexity index is 376. The Morgan fingerprint density at radius 1 is 1.71 bits per heavy atom. The molecule has 0 aliphatic carbocycles. The second-order valence-electron chi connectivity index (χ2n) is 3.02. The van der Waals surface area contributed by atoms with Crippen LogP contribution in [0.25, 0.3) is 0 Å². The standard InChI is InChI=1S/C9H14N4O2S2/c1-15-7(14)2-3-17-8(13-9(10)11)6-4-16-5-12-6/h4-5,8H,2-3H2,1H3,(H4,10,11,13). The largest absolute Gasteiger partial charge is 0.469 e. The SMILES string of the molecule is COC(=O)CCSC(N=C(N)N)c1cscn1. The molecule has 0 amide bonds. The van der Waals surface area contributed by atoms with Gasteiger partial charge in [0.05, 0.1) is 24.7 Å². The van der Waals surface area contributed by atoms with E-state index < -0.39 is 0 Å². The summed E-state index contributed by atoms with van der Waals surface area (Å²) in [5.41, 5.74) is 13.2. The maximum absolute atomic E-state index is 11.0. The van der Waals surface area contributed by atoms with Crippen molar-refractivity contribution in [3.8, 4) is 0 Å². The number of thioether (sulfide) groups is 1. The third-order valence-electron chi connectivity index (χ3n) is 1.78. The lowest BCUT2D eigenvalue weighted by molar-refractivity contribution is -0.140. The first-order chi connectivity index (χ1) is 8.13. The van der Waals surface area contributed by atoms with Crippen molar-refractivity contribution >= 4 is 35.0 Å². The number of rotatable bonds is 6. The van der Waals surface area contributed by atoms with Gasteiger partial charge in [-0.3, -0.25) is 4.79 Å². The third-order valence-corrected chi connectivity index (χ3v) is 3.49. The molecule has 1 rings (SSSR count). The topological polar surface area (TPSA) is 104 Å². The number of carbonyl (C=O) groups is 1. The number of aliphatic imine (C=N–C) groups is 1. The number of guanidine groups is 1. The van der Waals surface area contributed by atoms with Gasteiger partial charge in [-0.25, -0.2) is 9.98 Å². The van der Waals surface area contributed by atoms with Crippen molar-refractivity contribution in [1.82, 2.24) is 4.98 Å². The minimum Gasteiger partial charge on any atom is -0.469 e. The number of ether oxygens (including phenoxy) is 1. The maximum atomic E-state index is 11.0. The van der Waals surface area contributed by atoms with Crippen molar-refractivity contribution in [2.75, 3.05) is 12.9 Å². The van der Waals surface area contributed by atoms with E-state index in [0.717, 1.165) is 5.69 Å². The van der Waals surface area contributed by atoms with E-state index in [9.17, 15) is 4.79 Å². The van der Waals surface area contributed by atoms with Crippen LogP contribution in [0.3, 0.4) is 0 Å². The number of nitrogens with two attached hydrogens (primary N) is 2. The molecule has 94 valence electrons. The number of esters is 1. The fraction of sp³-hybridized carbons (Fsp3) is 0.444. The molecule has 1 aromatic heterocycles. The maximum Gasteiger partial charge on any atom is 0.306 e. The van der Waals surface area contributed by atoms with Crippen LogP contribution in [-0.4, -0.2) is 29.8 Å². The summed E-state index contributed by atoms with van der Waals surface area (Å²) in [4.78, 5) is 19.2. The first-order valence-electron chi connectivity index (χ1n) is 4.78. The van der Waals surface area contributed by atoms with E-state index in [1.54, 1.807) is 5.51 Å². The molecule has 0 spiro atoms. The zero-order valence-corrected chi connectivity index (χ0v) is 11.0. The summed E-state index contributed by atoms with van der Waals surface area (Å²) in [6.45, 7) is 0. The van der Waals surface area contributed by atoms with Crippen LogP contribution in [0, 0.1) is 0 Å². The second-order valence-corrected chi connectivity index (χ2v) is 4.92. The van der Waals surface area contributed by atoms with E-state index in [4.69, 9.17) is 11.5 Å². The zero-order chi connectivity index (χ0) is 12.7. The predicted molar refractivity (Wildman–Crippen MR) is 69.8 cm³/mol. The van der Waals surface area contributed by atoms with E-state index in [2.05, 4.69) is 14.7 Å². The summed E-state index contributed by atoms with van der Waals surface area (Å²) in [6, 6.07) is 0. The van der Waals surface area contributed by atoms with Crippen LogP contribution < -0.4 is 11.5 Å². The summed E-state index contributed by atoms with van der Waals surface area (Å²) in [6.07, 6.45) is 0.321. The van der Waals surface area contributed by atoms with Gasteiger partial charge in [0.25, 0.3) is 0 Å². The van der Waals surface area contributed by atoms with Crippen molar-refractivity contribution in [2.24, 2.45) is 16.5 Å². The lowest BCUT2D eigenvalue weighted by Gasteiger charge is -2.09. The van der Waals surface area contributed by atoms with E-state index in [0.29, 0.717) is 12.2 Å². The van der Waals surface area contributed by atoms with Crippen molar-refractivity contribution in [1.29, 1.82) is 0 Å². The van der Waals surface area contributed by atoms with Gasteiger partial charge in [-0.2, -0.15) is 0 Å². The molecule has 1 aromatic rings. The molecule has 1 heterocycles. The minimum atomic E-state index is -0.268.